The van der Waals surface area contributed by atoms with Gasteiger partial charge in [0.2, 0.25) is 5.91 Å². The van der Waals surface area contributed by atoms with Crippen LogP contribution in [0, 0.1) is 0 Å². The van der Waals surface area contributed by atoms with E-state index in [-0.39, 0.29) is 11.9 Å². The zero-order chi connectivity index (χ0) is 19.3. The summed E-state index contributed by atoms with van der Waals surface area (Å²) in [6, 6.07) is 7.09. The molecule has 3 heterocycles. The van der Waals surface area contributed by atoms with Gasteiger partial charge >= 0.3 is 0 Å². The lowest BCUT2D eigenvalue weighted by molar-refractivity contribution is -0.123. The van der Waals surface area contributed by atoms with Crippen molar-refractivity contribution in [2.75, 3.05) is 0 Å². The molecular weight excluding hydrogens is 354 g/mol. The van der Waals surface area contributed by atoms with Crippen molar-refractivity contribution in [1.82, 2.24) is 20.3 Å². The molecule has 0 saturated heterocycles. The molecule has 1 aliphatic carbocycles. The molecule has 146 valence electrons. The van der Waals surface area contributed by atoms with Gasteiger partial charge in [-0.3, -0.25) is 9.78 Å². The molecular formula is C21H25N5O2. The summed E-state index contributed by atoms with van der Waals surface area (Å²) < 4.78 is 5.92. The molecule has 0 spiro atoms. The van der Waals surface area contributed by atoms with Gasteiger partial charge in [-0.05, 0) is 37.1 Å². The number of H-pyrrole nitrogens is 1. The third-order valence-corrected chi connectivity index (χ3v) is 5.16. The zero-order valence-electron chi connectivity index (χ0n) is 15.7. The highest BCUT2D eigenvalue weighted by Crippen LogP contribution is 2.27. The first-order chi connectivity index (χ1) is 13.7. The molecule has 0 aliphatic heterocycles. The molecule has 0 bridgehead atoms. The van der Waals surface area contributed by atoms with E-state index in [1.54, 1.807) is 12.4 Å². The largest absolute Gasteiger partial charge is 0.455 e. The second-order valence-corrected chi connectivity index (χ2v) is 7.29. The summed E-state index contributed by atoms with van der Waals surface area (Å²) in [6.07, 6.45) is 11.3. The Kier molecular flexibility index (Phi) is 5.53. The summed E-state index contributed by atoms with van der Waals surface area (Å²) >= 11 is 0. The number of aromatic nitrogens is 3. The Labute approximate surface area is 163 Å². The summed E-state index contributed by atoms with van der Waals surface area (Å²) in [6.45, 7) is 0. The highest BCUT2D eigenvalue weighted by atomic mass is 16.5. The molecule has 7 nitrogen and oxygen atoms in total. The summed E-state index contributed by atoms with van der Waals surface area (Å²) in [5.41, 5.74) is 7.62. The average Bonchev–Trinajstić information content (AvgIpc) is 3.20. The molecule has 1 aliphatic rings. The Morgan fingerprint density at radius 3 is 2.86 bits per heavy atom. The van der Waals surface area contributed by atoms with Crippen molar-refractivity contribution in [2.45, 2.75) is 50.6 Å². The molecule has 0 aromatic carbocycles. The normalized spacial score (nSPS) is 16.0. The number of hydrogen-bond acceptors (Lipinski definition) is 5. The van der Waals surface area contributed by atoms with Gasteiger partial charge in [0, 0.05) is 30.6 Å². The minimum Gasteiger partial charge on any atom is -0.455 e. The SMILES string of the molecule is N[C@@H](Cc1ccc(Oc2ccnc3[nH]ccc23)cn1)C(=O)NC1CCCCC1. The topological polar surface area (TPSA) is 106 Å². The number of nitrogens with one attached hydrogen (secondary N) is 2. The number of hydrogen-bond donors (Lipinski definition) is 3. The summed E-state index contributed by atoms with van der Waals surface area (Å²) in [7, 11) is 0. The van der Waals surface area contributed by atoms with Gasteiger partial charge in [0.25, 0.3) is 0 Å². The van der Waals surface area contributed by atoms with Crippen LogP contribution in [-0.4, -0.2) is 32.9 Å². The number of nitrogens with two attached hydrogens (primary N) is 1. The summed E-state index contributed by atoms with van der Waals surface area (Å²) in [4.78, 5) is 24.0. The lowest BCUT2D eigenvalue weighted by atomic mass is 9.95. The predicted molar refractivity (Wildman–Crippen MR) is 107 cm³/mol. The molecule has 3 aromatic heterocycles. The first kappa shape index (κ1) is 18.4. The Balaban J connectivity index is 1.35. The van der Waals surface area contributed by atoms with Crippen LogP contribution in [0.5, 0.6) is 11.5 Å². The van der Waals surface area contributed by atoms with Gasteiger partial charge in [-0.1, -0.05) is 19.3 Å². The maximum absolute atomic E-state index is 12.3. The molecule has 0 radical (unpaired) electrons. The number of amides is 1. The van der Waals surface area contributed by atoms with Crippen LogP contribution >= 0.6 is 0 Å². The highest BCUT2D eigenvalue weighted by molar-refractivity contribution is 5.83. The van der Waals surface area contributed by atoms with Gasteiger partial charge in [-0.2, -0.15) is 0 Å². The Morgan fingerprint density at radius 2 is 2.07 bits per heavy atom. The monoisotopic (exact) mass is 379 g/mol. The van der Waals surface area contributed by atoms with Gasteiger partial charge in [-0.15, -0.1) is 0 Å². The molecule has 1 fully saturated rings. The van der Waals surface area contributed by atoms with Crippen LogP contribution in [0.25, 0.3) is 11.0 Å². The van der Waals surface area contributed by atoms with Crippen LogP contribution in [0.4, 0.5) is 0 Å². The van der Waals surface area contributed by atoms with Gasteiger partial charge in [0.15, 0.2) is 0 Å². The van der Waals surface area contributed by atoms with Crippen molar-refractivity contribution >= 4 is 16.9 Å². The van der Waals surface area contributed by atoms with Gasteiger partial charge in [0.05, 0.1) is 17.6 Å². The molecule has 28 heavy (non-hydrogen) atoms. The van der Waals surface area contributed by atoms with E-state index in [1.807, 2.05) is 30.5 Å². The van der Waals surface area contributed by atoms with Crippen LogP contribution in [-0.2, 0) is 11.2 Å². The van der Waals surface area contributed by atoms with Gasteiger partial charge < -0.3 is 20.8 Å². The lowest BCUT2D eigenvalue weighted by Crippen LogP contribution is -2.47. The van der Waals surface area contributed by atoms with E-state index in [0.29, 0.717) is 17.9 Å². The maximum Gasteiger partial charge on any atom is 0.237 e. The van der Waals surface area contributed by atoms with Crippen molar-refractivity contribution in [2.24, 2.45) is 5.73 Å². The second-order valence-electron chi connectivity index (χ2n) is 7.29. The lowest BCUT2D eigenvalue weighted by Gasteiger charge is -2.24. The summed E-state index contributed by atoms with van der Waals surface area (Å²) in [5, 5.41) is 3.98. The molecule has 1 amide bonds. The minimum atomic E-state index is -0.596. The molecule has 4 rings (SSSR count). The quantitative estimate of drug-likeness (QED) is 0.610. The van der Waals surface area contributed by atoms with Crippen molar-refractivity contribution in [1.29, 1.82) is 0 Å². The Hall–Kier alpha value is -2.93. The minimum absolute atomic E-state index is 0.0966. The van der Waals surface area contributed by atoms with E-state index in [2.05, 4.69) is 20.3 Å². The average molecular weight is 379 g/mol. The number of rotatable bonds is 6. The van der Waals surface area contributed by atoms with Crippen LogP contribution in [0.3, 0.4) is 0 Å². The van der Waals surface area contributed by atoms with E-state index >= 15 is 0 Å². The van der Waals surface area contributed by atoms with E-state index in [0.717, 1.165) is 29.6 Å². The standard InChI is InChI=1S/C21H25N5O2/c22-18(21(27)26-14-4-2-1-3-5-14)12-15-6-7-16(13-25-15)28-19-9-11-24-20-17(19)8-10-23-20/h6-11,13-14,18H,1-5,12,22H2,(H,23,24)(H,26,27)/t18-/m0/s1. The number of fused-ring (bicyclic) bond motifs is 1. The number of nitrogens with zero attached hydrogens (tertiary/aromatic N) is 2. The van der Waals surface area contributed by atoms with E-state index < -0.39 is 6.04 Å². The Morgan fingerprint density at radius 1 is 1.21 bits per heavy atom. The van der Waals surface area contributed by atoms with Crippen LogP contribution in [0.15, 0.2) is 42.9 Å². The fourth-order valence-corrected chi connectivity index (χ4v) is 3.62. The van der Waals surface area contributed by atoms with Gasteiger partial charge in [0.1, 0.15) is 17.1 Å². The number of pyridine rings is 2. The van der Waals surface area contributed by atoms with E-state index in [1.165, 1.54) is 19.3 Å². The zero-order valence-corrected chi connectivity index (χ0v) is 15.7. The predicted octanol–water partition coefficient (Wildman–Crippen LogP) is 3.07. The molecule has 7 heteroatoms. The van der Waals surface area contributed by atoms with Crippen molar-refractivity contribution in [3.8, 4) is 11.5 Å². The molecule has 1 saturated carbocycles. The Bertz CT molecular complexity index is 931. The third-order valence-electron chi connectivity index (χ3n) is 5.16. The van der Waals surface area contributed by atoms with Crippen molar-refractivity contribution < 1.29 is 9.53 Å². The molecule has 3 aromatic rings. The van der Waals surface area contributed by atoms with Crippen LogP contribution in [0.2, 0.25) is 0 Å². The number of carbonyl (C=O) groups excluding carboxylic acids is 1. The highest BCUT2D eigenvalue weighted by Gasteiger charge is 2.20. The number of ether oxygens (including phenoxy) is 1. The van der Waals surface area contributed by atoms with Crippen LogP contribution in [0.1, 0.15) is 37.8 Å². The molecule has 0 unspecified atom stereocenters. The number of carbonyl (C=O) groups is 1. The first-order valence-electron chi connectivity index (χ1n) is 9.80. The fourth-order valence-electron chi connectivity index (χ4n) is 3.62. The van der Waals surface area contributed by atoms with E-state index in [4.69, 9.17) is 10.5 Å². The maximum atomic E-state index is 12.3. The van der Waals surface area contributed by atoms with Crippen molar-refractivity contribution in [3.05, 3.63) is 48.5 Å². The summed E-state index contributed by atoms with van der Waals surface area (Å²) in [5.74, 6) is 1.24. The molecule has 4 N–H and O–H groups in total. The van der Waals surface area contributed by atoms with Gasteiger partial charge in [-0.25, -0.2) is 4.98 Å². The van der Waals surface area contributed by atoms with Crippen molar-refractivity contribution in [3.63, 3.8) is 0 Å². The second kappa shape index (κ2) is 8.39. The molecule has 1 atom stereocenters. The smallest absolute Gasteiger partial charge is 0.237 e. The van der Waals surface area contributed by atoms with E-state index in [9.17, 15) is 4.79 Å². The first-order valence-corrected chi connectivity index (χ1v) is 9.80. The third kappa shape index (κ3) is 4.31. The fraction of sp³-hybridized carbons (Fsp3) is 0.381. The van der Waals surface area contributed by atoms with Crippen LogP contribution < -0.4 is 15.8 Å². The number of aromatic amines is 1.